The second-order valence-corrected chi connectivity index (χ2v) is 10.9. The Hall–Kier alpha value is -5.46. The maximum Gasteiger partial charge on any atom is -0.00199 e. The maximum atomic E-state index is 2.39. The van der Waals surface area contributed by atoms with Crippen molar-refractivity contribution >= 4 is 32.3 Å². The molecular formula is C42H28. The Bertz CT molecular complexity index is 2160. The molecule has 0 aliphatic carbocycles. The zero-order chi connectivity index (χ0) is 27.9. The van der Waals surface area contributed by atoms with E-state index in [0.29, 0.717) is 0 Å². The molecule has 0 N–H and O–H groups in total. The van der Waals surface area contributed by atoms with Crippen molar-refractivity contribution in [2.75, 3.05) is 0 Å². The van der Waals surface area contributed by atoms with Crippen LogP contribution in [0.3, 0.4) is 0 Å². The minimum atomic E-state index is 1.22. The molecule has 0 nitrogen and oxygen atoms in total. The summed E-state index contributed by atoms with van der Waals surface area (Å²) in [6.07, 6.45) is 0. The van der Waals surface area contributed by atoms with Gasteiger partial charge in [0.1, 0.15) is 0 Å². The molecule has 8 aromatic rings. The monoisotopic (exact) mass is 532 g/mol. The van der Waals surface area contributed by atoms with Crippen LogP contribution in [-0.4, -0.2) is 0 Å². The van der Waals surface area contributed by atoms with E-state index in [4.69, 9.17) is 0 Å². The van der Waals surface area contributed by atoms with Crippen molar-refractivity contribution in [3.05, 3.63) is 170 Å². The van der Waals surface area contributed by atoms with E-state index in [9.17, 15) is 0 Å². The van der Waals surface area contributed by atoms with Crippen molar-refractivity contribution in [1.82, 2.24) is 0 Å². The Morgan fingerprint density at radius 3 is 1.33 bits per heavy atom. The Kier molecular flexibility index (Phi) is 5.90. The minimum Gasteiger partial charge on any atom is -0.0622 e. The van der Waals surface area contributed by atoms with Crippen molar-refractivity contribution in [3.8, 4) is 44.5 Å². The highest BCUT2D eigenvalue weighted by Crippen LogP contribution is 2.47. The fourth-order valence-electron chi connectivity index (χ4n) is 6.58. The highest BCUT2D eigenvalue weighted by atomic mass is 14.2. The summed E-state index contributed by atoms with van der Waals surface area (Å²) in [5, 5.41) is 7.61. The highest BCUT2D eigenvalue weighted by molar-refractivity contribution is 6.24. The van der Waals surface area contributed by atoms with Gasteiger partial charge in [0.25, 0.3) is 0 Å². The maximum absolute atomic E-state index is 2.39. The quantitative estimate of drug-likeness (QED) is 0.198. The van der Waals surface area contributed by atoms with Gasteiger partial charge in [0, 0.05) is 0 Å². The lowest BCUT2D eigenvalue weighted by Crippen LogP contribution is -1.94. The second kappa shape index (κ2) is 10.2. The molecule has 0 heteroatoms. The predicted molar refractivity (Wildman–Crippen MR) is 181 cm³/mol. The molecule has 8 aromatic carbocycles. The van der Waals surface area contributed by atoms with E-state index < -0.39 is 0 Å². The predicted octanol–water partition coefficient (Wildman–Crippen LogP) is 11.8. The molecule has 0 spiro atoms. The lowest BCUT2D eigenvalue weighted by Gasteiger charge is -2.21. The fourth-order valence-corrected chi connectivity index (χ4v) is 6.58. The first-order valence-electron chi connectivity index (χ1n) is 14.5. The Morgan fingerprint density at radius 1 is 0.238 bits per heavy atom. The standard InChI is InChI=1S/C42H28/c1-3-14-29(15-4-1)32-26-27-34(30-16-5-2-6-17-30)40(28-32)42-38-23-11-9-21-36(38)41(37-22-10-12-24-39(37)42)35-25-13-19-31-18-7-8-20-33(31)35/h1-28H. The van der Waals surface area contributed by atoms with Crippen molar-refractivity contribution in [2.45, 2.75) is 0 Å². The van der Waals surface area contributed by atoms with Crippen LogP contribution < -0.4 is 0 Å². The van der Waals surface area contributed by atoms with Gasteiger partial charge in [0.05, 0.1) is 0 Å². The smallest absolute Gasteiger partial charge is 0.00199 e. The van der Waals surface area contributed by atoms with Gasteiger partial charge in [-0.05, 0) is 82.9 Å². The van der Waals surface area contributed by atoms with Gasteiger partial charge >= 0.3 is 0 Å². The molecule has 196 valence electrons. The van der Waals surface area contributed by atoms with Gasteiger partial charge in [-0.15, -0.1) is 0 Å². The number of fused-ring (bicyclic) bond motifs is 3. The first kappa shape index (κ1) is 24.3. The van der Waals surface area contributed by atoms with Crippen LogP contribution in [0.1, 0.15) is 0 Å². The molecule has 0 unspecified atom stereocenters. The summed E-state index contributed by atoms with van der Waals surface area (Å²) >= 11 is 0. The van der Waals surface area contributed by atoms with Crippen LogP contribution in [0, 0.1) is 0 Å². The van der Waals surface area contributed by atoms with Gasteiger partial charge in [0.15, 0.2) is 0 Å². The van der Waals surface area contributed by atoms with Gasteiger partial charge in [-0.1, -0.05) is 164 Å². The van der Waals surface area contributed by atoms with Crippen molar-refractivity contribution in [3.63, 3.8) is 0 Å². The fraction of sp³-hybridized carbons (Fsp3) is 0. The molecule has 0 radical (unpaired) electrons. The number of benzene rings is 8. The topological polar surface area (TPSA) is 0 Å². The largest absolute Gasteiger partial charge is 0.0622 e. The van der Waals surface area contributed by atoms with E-state index in [0.717, 1.165) is 0 Å². The van der Waals surface area contributed by atoms with Gasteiger partial charge in [-0.2, -0.15) is 0 Å². The number of hydrogen-bond acceptors (Lipinski definition) is 0. The molecule has 0 amide bonds. The van der Waals surface area contributed by atoms with E-state index in [-0.39, 0.29) is 0 Å². The highest BCUT2D eigenvalue weighted by Gasteiger charge is 2.20. The molecule has 0 saturated carbocycles. The SMILES string of the molecule is c1ccc(-c2ccc(-c3ccccc3)c(-c3c4ccccc4c(-c4cccc5ccccc45)c4ccccc34)c2)cc1. The van der Waals surface area contributed by atoms with Crippen molar-refractivity contribution in [1.29, 1.82) is 0 Å². The summed E-state index contributed by atoms with van der Waals surface area (Å²) in [5.41, 5.74) is 10.00. The van der Waals surface area contributed by atoms with Crippen LogP contribution >= 0.6 is 0 Å². The van der Waals surface area contributed by atoms with E-state index >= 15 is 0 Å². The third-order valence-corrected chi connectivity index (χ3v) is 8.47. The molecule has 0 aromatic heterocycles. The Morgan fingerprint density at radius 2 is 0.714 bits per heavy atom. The lowest BCUT2D eigenvalue weighted by molar-refractivity contribution is 1.58. The summed E-state index contributed by atoms with van der Waals surface area (Å²) < 4.78 is 0. The molecule has 0 aliphatic rings. The normalized spacial score (nSPS) is 11.3. The van der Waals surface area contributed by atoms with Gasteiger partial charge in [-0.3, -0.25) is 0 Å². The van der Waals surface area contributed by atoms with Gasteiger partial charge in [0.2, 0.25) is 0 Å². The summed E-state index contributed by atoms with van der Waals surface area (Å²) in [4.78, 5) is 0. The van der Waals surface area contributed by atoms with Crippen LogP contribution in [0.25, 0.3) is 76.8 Å². The molecule has 0 bridgehead atoms. The molecule has 0 saturated heterocycles. The van der Waals surface area contributed by atoms with E-state index in [1.54, 1.807) is 0 Å². The third kappa shape index (κ3) is 4.00. The molecule has 8 rings (SSSR count). The van der Waals surface area contributed by atoms with Crippen molar-refractivity contribution < 1.29 is 0 Å². The van der Waals surface area contributed by atoms with Gasteiger partial charge < -0.3 is 0 Å². The average Bonchev–Trinajstić information content (AvgIpc) is 3.07. The van der Waals surface area contributed by atoms with E-state index in [1.807, 2.05) is 0 Å². The van der Waals surface area contributed by atoms with Gasteiger partial charge in [-0.25, -0.2) is 0 Å². The van der Waals surface area contributed by atoms with Crippen molar-refractivity contribution in [2.24, 2.45) is 0 Å². The molecule has 0 atom stereocenters. The van der Waals surface area contributed by atoms with E-state index in [1.165, 1.54) is 76.8 Å². The molecular weight excluding hydrogens is 504 g/mol. The summed E-state index contributed by atoms with van der Waals surface area (Å²) in [6.45, 7) is 0. The molecule has 42 heavy (non-hydrogen) atoms. The Labute approximate surface area is 246 Å². The van der Waals surface area contributed by atoms with Crippen LogP contribution in [-0.2, 0) is 0 Å². The average molecular weight is 533 g/mol. The third-order valence-electron chi connectivity index (χ3n) is 8.47. The minimum absolute atomic E-state index is 1.22. The lowest BCUT2D eigenvalue weighted by atomic mass is 9.82. The first-order chi connectivity index (χ1) is 20.9. The summed E-state index contributed by atoms with van der Waals surface area (Å²) in [6, 6.07) is 61.7. The molecule has 0 heterocycles. The summed E-state index contributed by atoms with van der Waals surface area (Å²) in [7, 11) is 0. The number of rotatable bonds is 4. The summed E-state index contributed by atoms with van der Waals surface area (Å²) in [5.74, 6) is 0. The zero-order valence-corrected chi connectivity index (χ0v) is 23.2. The first-order valence-corrected chi connectivity index (χ1v) is 14.5. The van der Waals surface area contributed by atoms with Crippen LogP contribution in [0.5, 0.6) is 0 Å². The van der Waals surface area contributed by atoms with Crippen LogP contribution in [0.15, 0.2) is 170 Å². The van der Waals surface area contributed by atoms with Crippen LogP contribution in [0.2, 0.25) is 0 Å². The Balaban J connectivity index is 1.52. The zero-order valence-electron chi connectivity index (χ0n) is 23.2. The molecule has 0 fully saturated rings. The van der Waals surface area contributed by atoms with E-state index in [2.05, 4.69) is 170 Å². The van der Waals surface area contributed by atoms with Crippen LogP contribution in [0.4, 0.5) is 0 Å². The number of hydrogen-bond donors (Lipinski definition) is 0. The second-order valence-electron chi connectivity index (χ2n) is 10.9. The molecule has 0 aliphatic heterocycles.